The molecule has 0 aromatic heterocycles. The van der Waals surface area contributed by atoms with E-state index in [1.807, 2.05) is 0 Å². The van der Waals surface area contributed by atoms with Gasteiger partial charge in [-0.25, -0.2) is 0 Å². The Morgan fingerprint density at radius 1 is 1.33 bits per heavy atom. The summed E-state index contributed by atoms with van der Waals surface area (Å²) in [4.78, 5) is 0. The van der Waals surface area contributed by atoms with Crippen molar-refractivity contribution in [1.29, 1.82) is 0 Å². The van der Waals surface area contributed by atoms with Crippen LogP contribution in [0.25, 0.3) is 0 Å². The maximum Gasteiger partial charge on any atom is 0.00702 e. The molecule has 0 bridgehead atoms. The summed E-state index contributed by atoms with van der Waals surface area (Å²) < 4.78 is 0. The molecule has 55 valence electrons. The van der Waals surface area contributed by atoms with Crippen molar-refractivity contribution >= 4 is 12.6 Å². The summed E-state index contributed by atoms with van der Waals surface area (Å²) in [6, 6.07) is 0. The van der Waals surface area contributed by atoms with Gasteiger partial charge in [0.25, 0.3) is 0 Å². The van der Waals surface area contributed by atoms with Crippen LogP contribution in [0.5, 0.6) is 0 Å². The lowest BCUT2D eigenvalue weighted by molar-refractivity contribution is 0.260. The largest absolute Gasteiger partial charge is 0.0938 e. The predicted octanol–water partition coefficient (Wildman–Crippen LogP) is 3.26. The standard InChI is InChI=1S/C8H17S/c1-5-7(6-9)8(2,3)4/h7H,5-6H2,1-4H3. The fourth-order valence-corrected chi connectivity index (χ4v) is 1.72. The van der Waals surface area contributed by atoms with E-state index in [2.05, 4.69) is 27.7 Å². The van der Waals surface area contributed by atoms with Crippen molar-refractivity contribution < 1.29 is 0 Å². The molecule has 0 amide bonds. The van der Waals surface area contributed by atoms with Crippen molar-refractivity contribution in [3.63, 3.8) is 0 Å². The molecular weight excluding hydrogens is 128 g/mol. The lowest BCUT2D eigenvalue weighted by Crippen LogP contribution is -2.20. The van der Waals surface area contributed by atoms with Crippen LogP contribution in [0.3, 0.4) is 0 Å². The van der Waals surface area contributed by atoms with Crippen LogP contribution in [0.2, 0.25) is 0 Å². The van der Waals surface area contributed by atoms with Gasteiger partial charge in [0.15, 0.2) is 0 Å². The molecule has 1 radical (unpaired) electrons. The highest BCUT2D eigenvalue weighted by Crippen LogP contribution is 2.28. The molecule has 0 heterocycles. The zero-order chi connectivity index (χ0) is 7.49. The first-order valence-electron chi connectivity index (χ1n) is 3.60. The normalized spacial score (nSPS) is 15.7. The van der Waals surface area contributed by atoms with Gasteiger partial charge in [0.05, 0.1) is 0 Å². The lowest BCUT2D eigenvalue weighted by atomic mass is 9.80. The first-order valence-corrected chi connectivity index (χ1v) is 4.18. The molecule has 1 atom stereocenters. The first kappa shape index (κ1) is 9.35. The van der Waals surface area contributed by atoms with Crippen molar-refractivity contribution in [2.45, 2.75) is 34.1 Å². The van der Waals surface area contributed by atoms with Gasteiger partial charge in [-0.05, 0) is 11.3 Å². The quantitative estimate of drug-likeness (QED) is 0.559. The van der Waals surface area contributed by atoms with Crippen LogP contribution in [0.4, 0.5) is 0 Å². The van der Waals surface area contributed by atoms with Crippen molar-refractivity contribution in [3.05, 3.63) is 0 Å². The van der Waals surface area contributed by atoms with Gasteiger partial charge < -0.3 is 0 Å². The second kappa shape index (κ2) is 3.50. The molecular formula is C8H17S. The van der Waals surface area contributed by atoms with E-state index in [9.17, 15) is 0 Å². The summed E-state index contributed by atoms with van der Waals surface area (Å²) in [5.41, 5.74) is 0.413. The Bertz CT molecular complexity index is 67.1. The Balaban J connectivity index is 3.79. The highest BCUT2D eigenvalue weighted by Gasteiger charge is 2.20. The van der Waals surface area contributed by atoms with Crippen LogP contribution >= 0.6 is 12.6 Å². The fourth-order valence-electron chi connectivity index (χ4n) is 0.980. The molecule has 0 saturated heterocycles. The molecule has 0 fully saturated rings. The van der Waals surface area contributed by atoms with Crippen molar-refractivity contribution in [2.24, 2.45) is 11.3 Å². The van der Waals surface area contributed by atoms with E-state index in [-0.39, 0.29) is 0 Å². The molecule has 0 rings (SSSR count). The third kappa shape index (κ3) is 3.14. The molecule has 0 aromatic carbocycles. The van der Waals surface area contributed by atoms with Gasteiger partial charge in [-0.1, -0.05) is 46.7 Å². The summed E-state index contributed by atoms with van der Waals surface area (Å²) in [5, 5.41) is 0. The Labute approximate surface area is 64.4 Å². The zero-order valence-electron chi connectivity index (χ0n) is 6.90. The molecule has 0 saturated carbocycles. The van der Waals surface area contributed by atoms with Crippen molar-refractivity contribution in [2.75, 3.05) is 5.75 Å². The number of rotatable bonds is 2. The second-order valence-electron chi connectivity index (χ2n) is 3.64. The predicted molar refractivity (Wildman–Crippen MR) is 45.7 cm³/mol. The van der Waals surface area contributed by atoms with Crippen LogP contribution in [0, 0.1) is 11.3 Å². The van der Waals surface area contributed by atoms with Crippen molar-refractivity contribution in [3.8, 4) is 0 Å². The minimum absolute atomic E-state index is 0.413. The van der Waals surface area contributed by atoms with Gasteiger partial charge in [-0.15, -0.1) is 0 Å². The molecule has 0 aromatic rings. The van der Waals surface area contributed by atoms with Crippen LogP contribution in [0.15, 0.2) is 0 Å². The average Bonchev–Trinajstić information content (AvgIpc) is 1.65. The molecule has 0 aliphatic rings. The Hall–Kier alpha value is 0.350. The molecule has 0 nitrogen and oxygen atoms in total. The maximum atomic E-state index is 5.02. The average molecular weight is 145 g/mol. The number of hydrogen-bond donors (Lipinski definition) is 0. The Kier molecular flexibility index (Phi) is 3.64. The molecule has 0 spiro atoms. The molecule has 1 unspecified atom stereocenters. The van der Waals surface area contributed by atoms with E-state index in [0.717, 1.165) is 5.75 Å². The molecule has 9 heavy (non-hydrogen) atoms. The zero-order valence-corrected chi connectivity index (χ0v) is 7.72. The monoisotopic (exact) mass is 145 g/mol. The second-order valence-corrected chi connectivity index (χ2v) is 3.97. The van der Waals surface area contributed by atoms with Crippen LogP contribution < -0.4 is 0 Å². The SMILES string of the molecule is CCC(C[S])C(C)(C)C. The summed E-state index contributed by atoms with van der Waals surface area (Å²) >= 11 is 5.02. The Morgan fingerprint density at radius 3 is 1.78 bits per heavy atom. The Morgan fingerprint density at radius 2 is 1.78 bits per heavy atom. The van der Waals surface area contributed by atoms with E-state index in [1.165, 1.54) is 6.42 Å². The molecule has 1 heteroatoms. The molecule has 0 aliphatic heterocycles. The van der Waals surface area contributed by atoms with Gasteiger partial charge in [-0.2, -0.15) is 0 Å². The topological polar surface area (TPSA) is 0 Å². The summed E-state index contributed by atoms with van der Waals surface area (Å²) in [6.45, 7) is 8.98. The summed E-state index contributed by atoms with van der Waals surface area (Å²) in [5.74, 6) is 1.62. The summed E-state index contributed by atoms with van der Waals surface area (Å²) in [6.07, 6.45) is 1.22. The van der Waals surface area contributed by atoms with E-state index in [0.29, 0.717) is 11.3 Å². The highest BCUT2D eigenvalue weighted by atomic mass is 32.1. The number of hydrogen-bond acceptors (Lipinski definition) is 0. The third-order valence-electron chi connectivity index (χ3n) is 1.92. The smallest absolute Gasteiger partial charge is 0.00702 e. The van der Waals surface area contributed by atoms with Crippen LogP contribution in [0.1, 0.15) is 34.1 Å². The van der Waals surface area contributed by atoms with Gasteiger partial charge in [0, 0.05) is 5.75 Å². The van der Waals surface area contributed by atoms with Gasteiger partial charge >= 0.3 is 0 Å². The van der Waals surface area contributed by atoms with E-state index >= 15 is 0 Å². The molecule has 0 aliphatic carbocycles. The van der Waals surface area contributed by atoms with Gasteiger partial charge in [-0.3, -0.25) is 0 Å². The molecule has 0 N–H and O–H groups in total. The highest BCUT2D eigenvalue weighted by molar-refractivity contribution is 7.80. The van der Waals surface area contributed by atoms with Crippen molar-refractivity contribution in [1.82, 2.24) is 0 Å². The van der Waals surface area contributed by atoms with Crippen LogP contribution in [-0.2, 0) is 0 Å². The minimum atomic E-state index is 0.413. The third-order valence-corrected chi connectivity index (χ3v) is 2.32. The van der Waals surface area contributed by atoms with Gasteiger partial charge in [0.2, 0.25) is 0 Å². The van der Waals surface area contributed by atoms with Gasteiger partial charge in [0.1, 0.15) is 0 Å². The van der Waals surface area contributed by atoms with E-state index in [1.54, 1.807) is 0 Å². The van der Waals surface area contributed by atoms with E-state index < -0.39 is 0 Å². The fraction of sp³-hybridized carbons (Fsp3) is 1.00. The van der Waals surface area contributed by atoms with E-state index in [4.69, 9.17) is 12.6 Å². The van der Waals surface area contributed by atoms with Crippen LogP contribution in [-0.4, -0.2) is 5.75 Å². The minimum Gasteiger partial charge on any atom is -0.0938 e. The first-order chi connectivity index (χ1) is 4.02. The maximum absolute atomic E-state index is 5.02. The summed E-state index contributed by atoms with van der Waals surface area (Å²) in [7, 11) is 0. The lowest BCUT2D eigenvalue weighted by Gasteiger charge is -2.27.